The van der Waals surface area contributed by atoms with Crippen LogP contribution in [0.15, 0.2) is 23.5 Å². The number of piperidine rings is 1. The average molecular weight is 419 g/mol. The van der Waals surface area contributed by atoms with Crippen molar-refractivity contribution in [2.75, 3.05) is 26.2 Å². The number of aromatic nitrogens is 2. The van der Waals surface area contributed by atoms with E-state index in [0.717, 1.165) is 44.6 Å². The van der Waals surface area contributed by atoms with E-state index in [1.165, 1.54) is 12.8 Å². The van der Waals surface area contributed by atoms with Gasteiger partial charge in [-0.15, -0.1) is 24.0 Å². The van der Waals surface area contributed by atoms with Crippen molar-refractivity contribution in [3.8, 4) is 0 Å². The molecule has 126 valence electrons. The third kappa shape index (κ3) is 6.14. The summed E-state index contributed by atoms with van der Waals surface area (Å²) in [5.74, 6) is 2.33. The van der Waals surface area contributed by atoms with Gasteiger partial charge in [-0.25, -0.2) is 0 Å². The van der Waals surface area contributed by atoms with Crippen LogP contribution in [-0.2, 0) is 6.54 Å². The molecule has 0 saturated carbocycles. The minimum atomic E-state index is 0. The fraction of sp³-hybridized carbons (Fsp3) is 0.750. The molecule has 0 radical (unpaired) electrons. The number of nitrogens with zero attached hydrogens (tertiary/aromatic N) is 4. The lowest BCUT2D eigenvalue weighted by molar-refractivity contribution is 0.265. The molecule has 1 saturated heterocycles. The number of likely N-dealkylation sites (tertiary alicyclic amines) is 1. The molecule has 0 aromatic carbocycles. The Morgan fingerprint density at radius 2 is 2.32 bits per heavy atom. The van der Waals surface area contributed by atoms with Crippen LogP contribution in [0.3, 0.4) is 0 Å². The molecule has 6 heteroatoms. The van der Waals surface area contributed by atoms with E-state index in [4.69, 9.17) is 4.99 Å². The maximum absolute atomic E-state index is 4.84. The number of nitrogens with one attached hydrogen (secondary N) is 1. The van der Waals surface area contributed by atoms with Crippen LogP contribution in [0.2, 0.25) is 0 Å². The number of hydrogen-bond donors (Lipinski definition) is 1. The van der Waals surface area contributed by atoms with Crippen molar-refractivity contribution < 1.29 is 0 Å². The van der Waals surface area contributed by atoms with Gasteiger partial charge in [0.05, 0.1) is 0 Å². The summed E-state index contributed by atoms with van der Waals surface area (Å²) in [6.45, 7) is 11.6. The summed E-state index contributed by atoms with van der Waals surface area (Å²) in [6.07, 6.45) is 6.45. The first kappa shape index (κ1) is 19.3. The summed E-state index contributed by atoms with van der Waals surface area (Å²) < 4.78 is 1.98. The molecule has 1 aromatic heterocycles. The molecule has 0 aliphatic carbocycles. The maximum atomic E-state index is 4.84. The van der Waals surface area contributed by atoms with Crippen LogP contribution in [0.1, 0.15) is 33.6 Å². The smallest absolute Gasteiger partial charge is 0.193 e. The van der Waals surface area contributed by atoms with E-state index in [2.05, 4.69) is 36.1 Å². The molecule has 2 rings (SSSR count). The van der Waals surface area contributed by atoms with Crippen LogP contribution in [0.5, 0.6) is 0 Å². The zero-order valence-electron chi connectivity index (χ0n) is 14.0. The van der Waals surface area contributed by atoms with Crippen LogP contribution >= 0.6 is 24.0 Å². The van der Waals surface area contributed by atoms with Gasteiger partial charge in [-0.05, 0) is 37.7 Å². The lowest BCUT2D eigenvalue weighted by Gasteiger charge is -2.33. The highest BCUT2D eigenvalue weighted by Crippen LogP contribution is 2.15. The van der Waals surface area contributed by atoms with Crippen molar-refractivity contribution in [1.82, 2.24) is 20.0 Å². The van der Waals surface area contributed by atoms with E-state index in [1.807, 2.05) is 23.1 Å². The first-order valence-corrected chi connectivity index (χ1v) is 8.19. The van der Waals surface area contributed by atoms with Crippen molar-refractivity contribution >= 4 is 29.9 Å². The van der Waals surface area contributed by atoms with Crippen molar-refractivity contribution in [2.24, 2.45) is 16.8 Å². The van der Waals surface area contributed by atoms with Gasteiger partial charge >= 0.3 is 0 Å². The SMILES string of the molecule is CCNC(=NCC(C)Cn1cccn1)N1CCCC(C)C1.I. The molecular formula is C16H30IN5. The number of guanidine groups is 1. The molecule has 1 N–H and O–H groups in total. The number of halogens is 1. The Morgan fingerprint density at radius 3 is 2.95 bits per heavy atom. The molecule has 1 fully saturated rings. The Kier molecular flexibility index (Phi) is 8.82. The molecule has 2 heterocycles. The van der Waals surface area contributed by atoms with Crippen molar-refractivity contribution in [1.29, 1.82) is 0 Å². The van der Waals surface area contributed by atoms with Crippen LogP contribution in [-0.4, -0.2) is 46.8 Å². The summed E-state index contributed by atoms with van der Waals surface area (Å²) >= 11 is 0. The molecule has 1 aliphatic rings. The van der Waals surface area contributed by atoms with Gasteiger partial charge < -0.3 is 10.2 Å². The largest absolute Gasteiger partial charge is 0.357 e. The first-order valence-electron chi connectivity index (χ1n) is 8.19. The second-order valence-electron chi connectivity index (χ2n) is 6.22. The zero-order valence-corrected chi connectivity index (χ0v) is 16.4. The van der Waals surface area contributed by atoms with Gasteiger partial charge in [0, 0.05) is 45.1 Å². The summed E-state index contributed by atoms with van der Waals surface area (Å²) in [5, 5.41) is 7.70. The van der Waals surface area contributed by atoms with Gasteiger partial charge in [-0.2, -0.15) is 5.10 Å². The third-order valence-electron chi connectivity index (χ3n) is 3.90. The fourth-order valence-corrected chi connectivity index (χ4v) is 2.84. The molecule has 2 unspecified atom stereocenters. The van der Waals surface area contributed by atoms with E-state index in [9.17, 15) is 0 Å². The van der Waals surface area contributed by atoms with Crippen LogP contribution in [0.25, 0.3) is 0 Å². The normalized spacial score (nSPS) is 20.4. The summed E-state index contributed by atoms with van der Waals surface area (Å²) in [6, 6.07) is 1.97. The van der Waals surface area contributed by atoms with E-state index < -0.39 is 0 Å². The molecule has 0 amide bonds. The highest BCUT2D eigenvalue weighted by molar-refractivity contribution is 14.0. The lowest BCUT2D eigenvalue weighted by Crippen LogP contribution is -2.46. The fourth-order valence-electron chi connectivity index (χ4n) is 2.84. The standard InChI is InChI=1S/C16H29N5.HI/c1-4-17-16(20-9-5-7-14(2)12-20)18-11-15(3)13-21-10-6-8-19-21;/h6,8,10,14-15H,4-5,7,9,11-13H2,1-3H3,(H,17,18);1H. The highest BCUT2D eigenvalue weighted by atomic mass is 127. The Labute approximate surface area is 151 Å². The molecule has 2 atom stereocenters. The molecule has 0 spiro atoms. The monoisotopic (exact) mass is 419 g/mol. The molecule has 1 aliphatic heterocycles. The zero-order chi connectivity index (χ0) is 15.1. The highest BCUT2D eigenvalue weighted by Gasteiger charge is 2.19. The maximum Gasteiger partial charge on any atom is 0.193 e. The minimum Gasteiger partial charge on any atom is -0.357 e. The second kappa shape index (κ2) is 10.1. The molecule has 0 bridgehead atoms. The van der Waals surface area contributed by atoms with E-state index in [0.29, 0.717) is 5.92 Å². The number of hydrogen-bond acceptors (Lipinski definition) is 2. The number of rotatable bonds is 5. The molecule has 1 aromatic rings. The molecule has 5 nitrogen and oxygen atoms in total. The Balaban J connectivity index is 0.00000242. The predicted octanol–water partition coefficient (Wildman–Crippen LogP) is 2.83. The van der Waals surface area contributed by atoms with Crippen LogP contribution in [0.4, 0.5) is 0 Å². The van der Waals surface area contributed by atoms with E-state index >= 15 is 0 Å². The minimum absolute atomic E-state index is 0. The van der Waals surface area contributed by atoms with Gasteiger partial charge in [0.1, 0.15) is 0 Å². The van der Waals surface area contributed by atoms with Crippen molar-refractivity contribution in [3.05, 3.63) is 18.5 Å². The summed E-state index contributed by atoms with van der Waals surface area (Å²) in [4.78, 5) is 7.26. The summed E-state index contributed by atoms with van der Waals surface area (Å²) in [7, 11) is 0. The van der Waals surface area contributed by atoms with Gasteiger partial charge in [-0.3, -0.25) is 9.67 Å². The lowest BCUT2D eigenvalue weighted by atomic mass is 10.0. The average Bonchev–Trinajstić information content (AvgIpc) is 2.96. The first-order chi connectivity index (χ1) is 10.2. The quantitative estimate of drug-likeness (QED) is 0.454. The van der Waals surface area contributed by atoms with Crippen molar-refractivity contribution in [2.45, 2.75) is 40.2 Å². The van der Waals surface area contributed by atoms with Gasteiger partial charge in [0.15, 0.2) is 5.96 Å². The number of aliphatic imine (C=N–C) groups is 1. The van der Waals surface area contributed by atoms with Crippen LogP contribution < -0.4 is 5.32 Å². The Bertz CT molecular complexity index is 432. The van der Waals surface area contributed by atoms with Crippen LogP contribution in [0, 0.1) is 11.8 Å². The molecule has 22 heavy (non-hydrogen) atoms. The van der Waals surface area contributed by atoms with E-state index in [1.54, 1.807) is 0 Å². The second-order valence-corrected chi connectivity index (χ2v) is 6.22. The van der Waals surface area contributed by atoms with Gasteiger partial charge in [0.2, 0.25) is 0 Å². The van der Waals surface area contributed by atoms with Gasteiger partial charge in [-0.1, -0.05) is 13.8 Å². The molecular weight excluding hydrogens is 389 g/mol. The van der Waals surface area contributed by atoms with Gasteiger partial charge in [0.25, 0.3) is 0 Å². The third-order valence-corrected chi connectivity index (χ3v) is 3.90. The summed E-state index contributed by atoms with van der Waals surface area (Å²) in [5.41, 5.74) is 0. The van der Waals surface area contributed by atoms with Crippen molar-refractivity contribution in [3.63, 3.8) is 0 Å². The Morgan fingerprint density at radius 1 is 1.50 bits per heavy atom. The Hall–Kier alpha value is -0.790. The predicted molar refractivity (Wildman–Crippen MR) is 103 cm³/mol. The topological polar surface area (TPSA) is 45.5 Å². The van der Waals surface area contributed by atoms with E-state index in [-0.39, 0.29) is 24.0 Å².